The highest BCUT2D eigenvalue weighted by atomic mass is 15.2. The van der Waals surface area contributed by atoms with E-state index in [-0.39, 0.29) is 0 Å². The minimum atomic E-state index is 0.702. The molecule has 0 bridgehead atoms. The lowest BCUT2D eigenvalue weighted by molar-refractivity contribution is 0.0914. The third-order valence-electron chi connectivity index (χ3n) is 4.65. The summed E-state index contributed by atoms with van der Waals surface area (Å²) in [6.45, 7) is 9.60. The summed E-state index contributed by atoms with van der Waals surface area (Å²) in [5.41, 5.74) is 0. The monoisotopic (exact) mass is 239 g/mol. The highest BCUT2D eigenvalue weighted by Gasteiger charge is 2.26. The van der Waals surface area contributed by atoms with Crippen LogP contribution in [-0.4, -0.2) is 61.2 Å². The molecule has 2 aliphatic heterocycles. The molecule has 0 amide bonds. The first-order valence-corrected chi connectivity index (χ1v) is 7.35. The van der Waals surface area contributed by atoms with Gasteiger partial charge in [-0.25, -0.2) is 0 Å². The van der Waals surface area contributed by atoms with Crippen molar-refractivity contribution in [3.05, 3.63) is 0 Å². The van der Waals surface area contributed by atoms with Crippen LogP contribution in [0.2, 0.25) is 0 Å². The summed E-state index contributed by atoms with van der Waals surface area (Å²) >= 11 is 0. The molecule has 2 aliphatic rings. The van der Waals surface area contributed by atoms with Gasteiger partial charge in [0.15, 0.2) is 0 Å². The number of piperazine rings is 1. The Morgan fingerprint density at radius 1 is 1.12 bits per heavy atom. The molecule has 0 spiro atoms. The molecule has 0 saturated carbocycles. The van der Waals surface area contributed by atoms with Crippen molar-refractivity contribution in [3.63, 3.8) is 0 Å². The van der Waals surface area contributed by atoms with E-state index in [2.05, 4.69) is 36.0 Å². The second-order valence-electron chi connectivity index (χ2n) is 6.01. The zero-order chi connectivity index (χ0) is 12.3. The van der Waals surface area contributed by atoms with Crippen molar-refractivity contribution in [2.45, 2.75) is 57.7 Å². The van der Waals surface area contributed by atoms with Crippen LogP contribution in [0.3, 0.4) is 0 Å². The molecular formula is C14H29N3. The van der Waals surface area contributed by atoms with E-state index in [0.717, 1.165) is 19.1 Å². The summed E-state index contributed by atoms with van der Waals surface area (Å²) in [6.07, 6.45) is 5.59. The fourth-order valence-corrected chi connectivity index (χ4v) is 3.42. The number of likely N-dealkylation sites (tertiary alicyclic amines) is 1. The number of nitrogens with one attached hydrogen (secondary N) is 1. The van der Waals surface area contributed by atoms with Crippen LogP contribution in [0.5, 0.6) is 0 Å². The normalized spacial score (nSPS) is 37.2. The predicted octanol–water partition coefficient (Wildman–Crippen LogP) is 1.54. The molecule has 2 heterocycles. The first-order chi connectivity index (χ1) is 8.18. The van der Waals surface area contributed by atoms with E-state index in [4.69, 9.17) is 0 Å². The quantitative estimate of drug-likeness (QED) is 0.806. The van der Waals surface area contributed by atoms with Gasteiger partial charge in [0.2, 0.25) is 0 Å². The molecule has 3 unspecified atom stereocenters. The molecular weight excluding hydrogens is 210 g/mol. The lowest BCUT2D eigenvalue weighted by Crippen LogP contribution is -2.55. The van der Waals surface area contributed by atoms with E-state index in [1.165, 1.54) is 38.8 Å². The Morgan fingerprint density at radius 3 is 2.47 bits per heavy atom. The number of nitrogens with zero attached hydrogens (tertiary/aromatic N) is 2. The fourth-order valence-electron chi connectivity index (χ4n) is 3.42. The molecule has 2 fully saturated rings. The van der Waals surface area contributed by atoms with Crippen LogP contribution in [0.15, 0.2) is 0 Å². The van der Waals surface area contributed by atoms with Gasteiger partial charge >= 0.3 is 0 Å². The van der Waals surface area contributed by atoms with Gasteiger partial charge in [-0.3, -0.25) is 4.90 Å². The SMILES string of the molecule is CC1CNCC(C)N1CCC1CCCCN1C. The van der Waals surface area contributed by atoms with E-state index in [9.17, 15) is 0 Å². The van der Waals surface area contributed by atoms with Crippen LogP contribution in [0.4, 0.5) is 0 Å². The summed E-state index contributed by atoms with van der Waals surface area (Å²) in [5.74, 6) is 0. The molecule has 100 valence electrons. The van der Waals surface area contributed by atoms with Gasteiger partial charge < -0.3 is 10.2 Å². The lowest BCUT2D eigenvalue weighted by atomic mass is 9.99. The first kappa shape index (κ1) is 13.3. The zero-order valence-electron chi connectivity index (χ0n) is 11.8. The minimum absolute atomic E-state index is 0.702. The van der Waals surface area contributed by atoms with Crippen molar-refractivity contribution in [1.29, 1.82) is 0 Å². The van der Waals surface area contributed by atoms with Gasteiger partial charge in [-0.1, -0.05) is 6.42 Å². The van der Waals surface area contributed by atoms with Crippen LogP contribution in [-0.2, 0) is 0 Å². The van der Waals surface area contributed by atoms with E-state index >= 15 is 0 Å². The van der Waals surface area contributed by atoms with E-state index < -0.39 is 0 Å². The van der Waals surface area contributed by atoms with Crippen LogP contribution < -0.4 is 5.32 Å². The molecule has 0 aromatic rings. The predicted molar refractivity (Wildman–Crippen MR) is 73.4 cm³/mol. The summed E-state index contributed by atoms with van der Waals surface area (Å²) in [6, 6.07) is 2.23. The molecule has 0 aliphatic carbocycles. The highest BCUT2D eigenvalue weighted by Crippen LogP contribution is 2.19. The summed E-state index contributed by atoms with van der Waals surface area (Å²) in [4.78, 5) is 5.26. The van der Waals surface area contributed by atoms with E-state index in [1.54, 1.807) is 0 Å². The standard InChI is InChI=1S/C14H29N3/c1-12-10-15-11-13(2)17(12)9-7-14-6-4-5-8-16(14)3/h12-15H,4-11H2,1-3H3. The van der Waals surface area contributed by atoms with Gasteiger partial charge in [0.1, 0.15) is 0 Å². The minimum Gasteiger partial charge on any atom is -0.314 e. The van der Waals surface area contributed by atoms with Crippen LogP contribution in [0.1, 0.15) is 39.5 Å². The van der Waals surface area contributed by atoms with Crippen molar-refractivity contribution in [3.8, 4) is 0 Å². The molecule has 2 rings (SSSR count). The van der Waals surface area contributed by atoms with Crippen molar-refractivity contribution < 1.29 is 0 Å². The second kappa shape index (κ2) is 6.17. The number of piperidine rings is 1. The van der Waals surface area contributed by atoms with E-state index in [1.807, 2.05) is 0 Å². The van der Waals surface area contributed by atoms with Crippen LogP contribution in [0.25, 0.3) is 0 Å². The van der Waals surface area contributed by atoms with Gasteiger partial charge in [-0.15, -0.1) is 0 Å². The Bertz CT molecular complexity index is 222. The number of rotatable bonds is 3. The van der Waals surface area contributed by atoms with Gasteiger partial charge in [-0.05, 0) is 46.7 Å². The third-order valence-corrected chi connectivity index (χ3v) is 4.65. The molecule has 3 nitrogen and oxygen atoms in total. The van der Waals surface area contributed by atoms with Gasteiger partial charge in [0.25, 0.3) is 0 Å². The number of hydrogen-bond acceptors (Lipinski definition) is 3. The molecule has 1 N–H and O–H groups in total. The van der Waals surface area contributed by atoms with Crippen molar-refractivity contribution in [1.82, 2.24) is 15.1 Å². The lowest BCUT2D eigenvalue weighted by Gasteiger charge is -2.41. The fraction of sp³-hybridized carbons (Fsp3) is 1.00. The van der Waals surface area contributed by atoms with Gasteiger partial charge in [0.05, 0.1) is 0 Å². The highest BCUT2D eigenvalue weighted by molar-refractivity contribution is 4.84. The molecule has 3 heteroatoms. The topological polar surface area (TPSA) is 18.5 Å². The average molecular weight is 239 g/mol. The molecule has 17 heavy (non-hydrogen) atoms. The summed E-state index contributed by atoms with van der Waals surface area (Å²) in [5, 5.41) is 3.51. The maximum absolute atomic E-state index is 3.51. The first-order valence-electron chi connectivity index (χ1n) is 7.35. The maximum atomic E-state index is 3.51. The Morgan fingerprint density at radius 2 is 1.82 bits per heavy atom. The Labute approximate surface area is 107 Å². The summed E-state index contributed by atoms with van der Waals surface area (Å²) in [7, 11) is 2.30. The maximum Gasteiger partial charge on any atom is 0.0195 e. The molecule has 2 saturated heterocycles. The largest absolute Gasteiger partial charge is 0.314 e. The zero-order valence-corrected chi connectivity index (χ0v) is 11.8. The number of hydrogen-bond donors (Lipinski definition) is 1. The Hall–Kier alpha value is -0.120. The third kappa shape index (κ3) is 3.43. The molecule has 0 aromatic carbocycles. The second-order valence-corrected chi connectivity index (χ2v) is 6.01. The van der Waals surface area contributed by atoms with Crippen molar-refractivity contribution >= 4 is 0 Å². The molecule has 3 atom stereocenters. The molecule has 0 aromatic heterocycles. The average Bonchev–Trinajstić information content (AvgIpc) is 2.30. The van der Waals surface area contributed by atoms with Gasteiger partial charge in [0, 0.05) is 37.8 Å². The Kier molecular flexibility index (Phi) is 4.83. The smallest absolute Gasteiger partial charge is 0.0195 e. The summed E-state index contributed by atoms with van der Waals surface area (Å²) < 4.78 is 0. The van der Waals surface area contributed by atoms with Gasteiger partial charge in [-0.2, -0.15) is 0 Å². The van der Waals surface area contributed by atoms with Crippen molar-refractivity contribution in [2.75, 3.05) is 33.2 Å². The van der Waals surface area contributed by atoms with Crippen LogP contribution >= 0.6 is 0 Å². The van der Waals surface area contributed by atoms with Crippen molar-refractivity contribution in [2.24, 2.45) is 0 Å². The van der Waals surface area contributed by atoms with Crippen LogP contribution in [0, 0.1) is 0 Å². The molecule has 0 radical (unpaired) electrons. The Balaban J connectivity index is 1.79. The van der Waals surface area contributed by atoms with E-state index in [0.29, 0.717) is 12.1 Å².